The second-order valence-corrected chi connectivity index (χ2v) is 8.21. The van der Waals surface area contributed by atoms with Crippen molar-refractivity contribution in [2.24, 2.45) is 4.99 Å². The van der Waals surface area contributed by atoms with Crippen molar-refractivity contribution < 1.29 is 19.4 Å². The van der Waals surface area contributed by atoms with Gasteiger partial charge in [0, 0.05) is 5.56 Å². The Labute approximate surface area is 189 Å². The van der Waals surface area contributed by atoms with E-state index in [0.29, 0.717) is 29.1 Å². The summed E-state index contributed by atoms with van der Waals surface area (Å²) in [6.45, 7) is 2.19. The third-order valence-corrected chi connectivity index (χ3v) is 6.08. The van der Waals surface area contributed by atoms with Crippen LogP contribution in [-0.4, -0.2) is 21.6 Å². The van der Waals surface area contributed by atoms with Crippen LogP contribution in [0.1, 0.15) is 35.3 Å². The number of fused-ring (bicyclic) bond motifs is 1. The van der Waals surface area contributed by atoms with Crippen molar-refractivity contribution in [1.82, 2.24) is 4.57 Å². The van der Waals surface area contributed by atoms with Gasteiger partial charge < -0.3 is 14.4 Å². The predicted molar refractivity (Wildman–Crippen MR) is 124 cm³/mol. The van der Waals surface area contributed by atoms with Crippen molar-refractivity contribution in [2.45, 2.75) is 26.0 Å². The monoisotopic (exact) mass is 446 g/mol. The molecule has 0 saturated carbocycles. The van der Waals surface area contributed by atoms with E-state index in [2.05, 4.69) is 4.99 Å². The predicted octanol–water partition coefficient (Wildman–Crippen LogP) is 5.06. The Balaban J connectivity index is 1.67. The highest BCUT2D eigenvalue weighted by atomic mass is 32.1. The van der Waals surface area contributed by atoms with Crippen LogP contribution >= 0.6 is 11.3 Å². The molecule has 7 heteroatoms. The number of carboxylic acids is 1. The smallest absolute Gasteiger partial charge is 0.326 e. The maximum Gasteiger partial charge on any atom is 0.326 e. The lowest BCUT2D eigenvalue weighted by Crippen LogP contribution is -2.27. The molecule has 0 fully saturated rings. The number of nitrogens with zero attached hydrogens (tertiary/aromatic N) is 2. The number of benzene rings is 3. The van der Waals surface area contributed by atoms with E-state index < -0.39 is 17.9 Å². The number of amides is 1. The van der Waals surface area contributed by atoms with Gasteiger partial charge in [0.15, 0.2) is 4.80 Å². The molecule has 0 aliphatic heterocycles. The van der Waals surface area contributed by atoms with Crippen molar-refractivity contribution in [2.75, 3.05) is 0 Å². The van der Waals surface area contributed by atoms with Crippen molar-refractivity contribution >= 4 is 33.4 Å². The van der Waals surface area contributed by atoms with E-state index in [4.69, 9.17) is 4.74 Å². The second-order valence-electron chi connectivity index (χ2n) is 7.20. The molecule has 1 aromatic heterocycles. The van der Waals surface area contributed by atoms with Gasteiger partial charge in [0.2, 0.25) is 0 Å². The Kier molecular flexibility index (Phi) is 6.47. The molecule has 162 valence electrons. The molecule has 1 amide bonds. The van der Waals surface area contributed by atoms with E-state index >= 15 is 0 Å². The molecule has 0 spiro atoms. The van der Waals surface area contributed by atoms with Crippen LogP contribution in [0.5, 0.6) is 5.75 Å². The third kappa shape index (κ3) is 4.63. The number of rotatable bonds is 7. The fraction of sp³-hybridized carbons (Fsp3) is 0.160. The van der Waals surface area contributed by atoms with Gasteiger partial charge in [0.25, 0.3) is 5.91 Å². The lowest BCUT2D eigenvalue weighted by atomic mass is 10.2. The highest BCUT2D eigenvalue weighted by Gasteiger charge is 2.22. The lowest BCUT2D eigenvalue weighted by molar-refractivity contribution is -0.140. The van der Waals surface area contributed by atoms with Gasteiger partial charge in [0.1, 0.15) is 18.4 Å². The molecular weight excluding hydrogens is 424 g/mol. The number of para-hydroxylation sites is 1. The van der Waals surface area contributed by atoms with Gasteiger partial charge in [-0.3, -0.25) is 4.79 Å². The van der Waals surface area contributed by atoms with Gasteiger partial charge in [-0.2, -0.15) is 4.99 Å². The largest absolute Gasteiger partial charge is 0.489 e. The van der Waals surface area contributed by atoms with E-state index in [0.717, 1.165) is 15.8 Å². The zero-order chi connectivity index (χ0) is 22.5. The van der Waals surface area contributed by atoms with Gasteiger partial charge in [0.05, 0.1) is 10.2 Å². The minimum absolute atomic E-state index is 0.362. The van der Waals surface area contributed by atoms with E-state index in [1.165, 1.54) is 11.3 Å². The maximum absolute atomic E-state index is 13.0. The maximum atomic E-state index is 13.0. The molecule has 0 radical (unpaired) electrons. The van der Waals surface area contributed by atoms with Crippen molar-refractivity contribution in [3.05, 3.63) is 94.8 Å². The van der Waals surface area contributed by atoms with Crippen molar-refractivity contribution in [3.8, 4) is 5.75 Å². The van der Waals surface area contributed by atoms with E-state index in [1.54, 1.807) is 35.8 Å². The van der Waals surface area contributed by atoms with Crippen LogP contribution in [0.2, 0.25) is 0 Å². The van der Waals surface area contributed by atoms with E-state index in [9.17, 15) is 14.7 Å². The molecule has 3 aromatic carbocycles. The summed E-state index contributed by atoms with van der Waals surface area (Å²) in [5, 5.41) is 9.71. The Morgan fingerprint density at radius 1 is 1.03 bits per heavy atom. The van der Waals surface area contributed by atoms with Crippen molar-refractivity contribution in [1.29, 1.82) is 0 Å². The Bertz CT molecular complexity index is 1320. The van der Waals surface area contributed by atoms with Crippen molar-refractivity contribution in [3.63, 3.8) is 0 Å². The minimum Gasteiger partial charge on any atom is -0.489 e. The quantitative estimate of drug-likeness (QED) is 0.430. The molecular formula is C25H22N2O4S. The van der Waals surface area contributed by atoms with Gasteiger partial charge in [-0.05, 0) is 42.3 Å². The fourth-order valence-corrected chi connectivity index (χ4v) is 4.52. The zero-order valence-corrected chi connectivity index (χ0v) is 18.3. The number of aromatic nitrogens is 1. The molecule has 1 N–H and O–H groups in total. The zero-order valence-electron chi connectivity index (χ0n) is 17.5. The van der Waals surface area contributed by atoms with Crippen LogP contribution < -0.4 is 9.54 Å². The van der Waals surface area contributed by atoms with Gasteiger partial charge >= 0.3 is 5.97 Å². The summed E-state index contributed by atoms with van der Waals surface area (Å²) >= 11 is 1.30. The summed E-state index contributed by atoms with van der Waals surface area (Å²) in [4.78, 5) is 29.5. The molecule has 0 bridgehead atoms. The SMILES string of the molecule is CCC(C(=O)O)n1/c(=N/C(=O)c2cccc(OCc3ccccc3)c2)sc2ccccc21. The van der Waals surface area contributed by atoms with E-state index in [1.807, 2.05) is 54.6 Å². The molecule has 6 nitrogen and oxygen atoms in total. The van der Waals surface area contributed by atoms with Crippen LogP contribution in [0.15, 0.2) is 83.9 Å². The molecule has 1 atom stereocenters. The highest BCUT2D eigenvalue weighted by molar-refractivity contribution is 7.16. The molecule has 32 heavy (non-hydrogen) atoms. The molecule has 0 aliphatic carbocycles. The summed E-state index contributed by atoms with van der Waals surface area (Å²) in [5.41, 5.74) is 2.15. The number of thiazole rings is 1. The van der Waals surface area contributed by atoms with Crippen LogP contribution in [0, 0.1) is 0 Å². The molecule has 0 saturated heterocycles. The summed E-state index contributed by atoms with van der Waals surface area (Å²) in [7, 11) is 0. The Morgan fingerprint density at radius 2 is 1.78 bits per heavy atom. The molecule has 0 aliphatic rings. The number of carbonyl (C=O) groups excluding carboxylic acids is 1. The van der Waals surface area contributed by atoms with E-state index in [-0.39, 0.29) is 0 Å². The first-order valence-electron chi connectivity index (χ1n) is 10.3. The summed E-state index contributed by atoms with van der Waals surface area (Å²) in [6, 6.07) is 23.3. The summed E-state index contributed by atoms with van der Waals surface area (Å²) < 4.78 is 8.33. The van der Waals surface area contributed by atoms with Gasteiger partial charge in [-0.1, -0.05) is 66.8 Å². The van der Waals surface area contributed by atoms with Crippen LogP contribution in [-0.2, 0) is 11.4 Å². The second kappa shape index (κ2) is 9.62. The number of hydrogen-bond acceptors (Lipinski definition) is 4. The first-order valence-corrected chi connectivity index (χ1v) is 11.1. The fourth-order valence-electron chi connectivity index (χ4n) is 3.45. The number of hydrogen-bond donors (Lipinski definition) is 1. The highest BCUT2D eigenvalue weighted by Crippen LogP contribution is 2.23. The molecule has 4 aromatic rings. The first kappa shape index (κ1) is 21.5. The normalized spacial score (nSPS) is 12.6. The van der Waals surface area contributed by atoms with Crippen LogP contribution in [0.3, 0.4) is 0 Å². The number of carboxylic acid groups (broad SMARTS) is 1. The minimum atomic E-state index is -0.957. The average Bonchev–Trinajstić information content (AvgIpc) is 3.16. The number of aliphatic carboxylic acids is 1. The Morgan fingerprint density at radius 3 is 2.53 bits per heavy atom. The molecule has 4 rings (SSSR count). The van der Waals surface area contributed by atoms with Crippen LogP contribution in [0.25, 0.3) is 10.2 Å². The van der Waals surface area contributed by atoms with Gasteiger partial charge in [-0.15, -0.1) is 0 Å². The first-order chi connectivity index (χ1) is 15.6. The summed E-state index contributed by atoms with van der Waals surface area (Å²) in [6.07, 6.45) is 0.375. The third-order valence-electron chi connectivity index (χ3n) is 5.04. The molecule has 1 heterocycles. The molecule has 1 unspecified atom stereocenters. The average molecular weight is 447 g/mol. The lowest BCUT2D eigenvalue weighted by Gasteiger charge is -2.13. The summed E-state index contributed by atoms with van der Waals surface area (Å²) in [5.74, 6) is -0.840. The van der Waals surface area contributed by atoms with Crippen LogP contribution in [0.4, 0.5) is 0 Å². The Hall–Kier alpha value is -3.71. The van der Waals surface area contributed by atoms with Gasteiger partial charge in [-0.25, -0.2) is 4.79 Å². The topological polar surface area (TPSA) is 80.9 Å². The number of carbonyl (C=O) groups is 2. The number of ether oxygens (including phenoxy) is 1. The standard InChI is InChI=1S/C25H22N2O4S/c1-2-20(24(29)30)27-21-13-6-7-14-22(21)32-25(27)26-23(28)18-11-8-12-19(15-18)31-16-17-9-4-3-5-10-17/h3-15,20H,2,16H2,1H3,(H,29,30)/b26-25-.